The Morgan fingerprint density at radius 3 is 2.54 bits per heavy atom. The van der Waals surface area contributed by atoms with E-state index in [1.54, 1.807) is 0 Å². The molecule has 0 radical (unpaired) electrons. The van der Waals surface area contributed by atoms with Gasteiger partial charge in [-0.25, -0.2) is 4.68 Å². The fourth-order valence-corrected chi connectivity index (χ4v) is 4.26. The van der Waals surface area contributed by atoms with E-state index in [9.17, 15) is 4.79 Å². The van der Waals surface area contributed by atoms with Crippen LogP contribution in [-0.2, 0) is 4.79 Å². The first kappa shape index (κ1) is 18.6. The van der Waals surface area contributed by atoms with Crippen LogP contribution in [0.15, 0.2) is 29.4 Å². The highest BCUT2D eigenvalue weighted by molar-refractivity contribution is 8.00. The Morgan fingerprint density at radius 1 is 1.23 bits per heavy atom. The first-order valence-corrected chi connectivity index (χ1v) is 9.83. The van der Waals surface area contributed by atoms with Gasteiger partial charge < -0.3 is 15.1 Å². The minimum Gasteiger partial charge on any atom is -0.494 e. The molecule has 0 saturated carbocycles. The summed E-state index contributed by atoms with van der Waals surface area (Å²) in [4.78, 5) is 15.0. The summed E-state index contributed by atoms with van der Waals surface area (Å²) < 4.78 is 7.39. The number of hydrogen-bond acceptors (Lipinski definition) is 6. The normalized spacial score (nSPS) is 18.8. The van der Waals surface area contributed by atoms with E-state index in [-0.39, 0.29) is 17.2 Å². The smallest absolute Gasteiger partial charge is 0.238 e. The van der Waals surface area contributed by atoms with E-state index in [0.717, 1.165) is 22.3 Å². The van der Waals surface area contributed by atoms with Gasteiger partial charge in [-0.05, 0) is 45.4 Å². The molecule has 0 spiro atoms. The third kappa shape index (κ3) is 3.51. The maximum absolute atomic E-state index is 13.1. The lowest BCUT2D eigenvalue weighted by Gasteiger charge is -2.35. The molecule has 0 bridgehead atoms. The fourth-order valence-electron chi connectivity index (χ4n) is 3.05. The van der Waals surface area contributed by atoms with Gasteiger partial charge in [-0.2, -0.15) is 0 Å². The third-order valence-corrected chi connectivity index (χ3v) is 5.67. The number of carbonyl (C=O) groups is 1. The summed E-state index contributed by atoms with van der Waals surface area (Å²) in [7, 11) is 0. The van der Waals surface area contributed by atoms with E-state index in [2.05, 4.69) is 15.6 Å². The third-order valence-electron chi connectivity index (χ3n) is 4.47. The molecule has 3 rings (SSSR count). The van der Waals surface area contributed by atoms with Crippen molar-refractivity contribution >= 4 is 17.7 Å². The van der Waals surface area contributed by atoms with E-state index in [4.69, 9.17) is 4.74 Å². The van der Waals surface area contributed by atoms with Crippen molar-refractivity contribution in [3.05, 3.63) is 35.7 Å². The zero-order chi connectivity index (χ0) is 18.7. The largest absolute Gasteiger partial charge is 0.494 e. The lowest BCUT2D eigenvalue weighted by Crippen LogP contribution is -2.46. The number of nitrogens with zero attached hydrogens (tertiary/aromatic N) is 4. The number of rotatable bonds is 6. The van der Waals surface area contributed by atoms with Crippen molar-refractivity contribution in [3.8, 4) is 5.75 Å². The Kier molecular flexibility index (Phi) is 5.70. The highest BCUT2D eigenvalue weighted by atomic mass is 32.2. The lowest BCUT2D eigenvalue weighted by atomic mass is 10.0. The van der Waals surface area contributed by atoms with Crippen LogP contribution in [0.3, 0.4) is 0 Å². The van der Waals surface area contributed by atoms with Gasteiger partial charge in [0, 0.05) is 13.1 Å². The molecule has 1 N–H and O–H groups in total. The van der Waals surface area contributed by atoms with Crippen molar-refractivity contribution < 1.29 is 9.53 Å². The first-order valence-electron chi connectivity index (χ1n) is 8.95. The molecule has 1 amide bonds. The number of ether oxygens (including phenoxy) is 1. The first-order chi connectivity index (χ1) is 12.6. The molecule has 0 unspecified atom stereocenters. The zero-order valence-corrected chi connectivity index (χ0v) is 16.4. The van der Waals surface area contributed by atoms with Crippen LogP contribution in [0.25, 0.3) is 0 Å². The molecule has 1 aliphatic heterocycles. The molecular formula is C18H25N5O2S. The topological polar surface area (TPSA) is 72.3 Å². The number of aromatic nitrogens is 3. The van der Waals surface area contributed by atoms with Crippen LogP contribution in [0.1, 0.15) is 38.2 Å². The number of hydrogen-bond donors (Lipinski definition) is 1. The Bertz CT molecular complexity index is 757. The van der Waals surface area contributed by atoms with Crippen molar-refractivity contribution in [1.29, 1.82) is 0 Å². The number of thioether (sulfide) groups is 1. The Labute approximate surface area is 158 Å². The van der Waals surface area contributed by atoms with Crippen molar-refractivity contribution in [1.82, 2.24) is 19.8 Å². The number of aryl methyl sites for hydroxylation is 1. The number of nitrogens with one attached hydrogen (secondary N) is 1. The van der Waals surface area contributed by atoms with Gasteiger partial charge in [0.05, 0.1) is 12.6 Å². The summed E-state index contributed by atoms with van der Waals surface area (Å²) in [6, 6.07) is 7.73. The summed E-state index contributed by atoms with van der Waals surface area (Å²) in [5.41, 5.74) is 4.46. The van der Waals surface area contributed by atoms with Crippen LogP contribution in [0.5, 0.6) is 5.75 Å². The molecule has 1 aromatic carbocycles. The van der Waals surface area contributed by atoms with E-state index < -0.39 is 0 Å². The van der Waals surface area contributed by atoms with Crippen LogP contribution in [0, 0.1) is 6.92 Å². The van der Waals surface area contributed by atoms with Gasteiger partial charge in [-0.3, -0.25) is 4.79 Å². The Morgan fingerprint density at radius 2 is 1.92 bits per heavy atom. The molecule has 8 heteroatoms. The molecule has 140 valence electrons. The average molecular weight is 375 g/mol. The van der Waals surface area contributed by atoms with E-state index in [1.807, 2.05) is 61.5 Å². The quantitative estimate of drug-likeness (QED) is 0.837. The Hall–Kier alpha value is -2.22. The van der Waals surface area contributed by atoms with Gasteiger partial charge in [0.2, 0.25) is 11.1 Å². The molecule has 0 fully saturated rings. The van der Waals surface area contributed by atoms with Gasteiger partial charge in [0.1, 0.15) is 16.8 Å². The molecule has 2 atom stereocenters. The summed E-state index contributed by atoms with van der Waals surface area (Å²) in [6.45, 7) is 9.86. The maximum Gasteiger partial charge on any atom is 0.238 e. The minimum absolute atomic E-state index is 0.110. The average Bonchev–Trinajstić information content (AvgIpc) is 3.03. The number of benzene rings is 1. The number of fused-ring (bicyclic) bond motifs is 1. The van der Waals surface area contributed by atoms with Crippen molar-refractivity contribution in [3.63, 3.8) is 0 Å². The molecule has 1 aliphatic rings. The predicted molar refractivity (Wildman–Crippen MR) is 102 cm³/mol. The summed E-state index contributed by atoms with van der Waals surface area (Å²) in [6.07, 6.45) is 0. The van der Waals surface area contributed by atoms with E-state index >= 15 is 0 Å². The molecule has 1 aromatic heterocycles. The number of carbonyl (C=O) groups excluding carboxylic acids is 1. The molecule has 2 aromatic rings. The van der Waals surface area contributed by atoms with Crippen LogP contribution < -0.4 is 10.2 Å². The van der Waals surface area contributed by atoms with Crippen LogP contribution >= 0.6 is 11.8 Å². The van der Waals surface area contributed by atoms with E-state index in [1.165, 1.54) is 11.8 Å². The van der Waals surface area contributed by atoms with Crippen LogP contribution in [-0.4, -0.2) is 50.6 Å². The van der Waals surface area contributed by atoms with E-state index in [0.29, 0.717) is 19.7 Å². The van der Waals surface area contributed by atoms with Crippen LogP contribution in [0.2, 0.25) is 0 Å². The molecule has 26 heavy (non-hydrogen) atoms. The van der Waals surface area contributed by atoms with Crippen molar-refractivity contribution in [2.45, 2.75) is 44.1 Å². The van der Waals surface area contributed by atoms with Crippen molar-refractivity contribution in [2.75, 3.05) is 25.1 Å². The second kappa shape index (κ2) is 7.99. The SMILES string of the molecule is CCOc1ccc([C@H]2Nn3c(C)nnc3S[C@H]2C(=O)N(CC)CC)cc1. The second-order valence-corrected chi connectivity index (χ2v) is 7.13. The molecule has 2 heterocycles. The van der Waals surface area contributed by atoms with Gasteiger partial charge in [0.15, 0.2) is 0 Å². The second-order valence-electron chi connectivity index (χ2n) is 6.02. The molecule has 0 saturated heterocycles. The fraction of sp³-hybridized carbons (Fsp3) is 0.500. The summed E-state index contributed by atoms with van der Waals surface area (Å²) in [5.74, 6) is 1.71. The van der Waals surface area contributed by atoms with Gasteiger partial charge in [-0.15, -0.1) is 10.2 Å². The number of amides is 1. The summed E-state index contributed by atoms with van der Waals surface area (Å²) >= 11 is 1.47. The monoisotopic (exact) mass is 375 g/mol. The van der Waals surface area contributed by atoms with Gasteiger partial charge in [-0.1, -0.05) is 23.9 Å². The highest BCUT2D eigenvalue weighted by Gasteiger charge is 2.38. The van der Waals surface area contributed by atoms with Crippen molar-refractivity contribution in [2.24, 2.45) is 0 Å². The standard InChI is InChI=1S/C18H25N5O2S/c1-5-22(6-2)17(24)16-15(13-8-10-14(11-9-13)25-7-3)21-23-12(4)19-20-18(23)26-16/h8-11,15-16,21H,5-7H2,1-4H3/t15-,16-/m1/s1. The van der Waals surface area contributed by atoms with Gasteiger partial charge in [0.25, 0.3) is 0 Å². The minimum atomic E-state index is -0.302. The molecule has 0 aliphatic carbocycles. The van der Waals surface area contributed by atoms with Gasteiger partial charge >= 0.3 is 0 Å². The van der Waals surface area contributed by atoms with Crippen LogP contribution in [0.4, 0.5) is 0 Å². The molecule has 7 nitrogen and oxygen atoms in total. The highest BCUT2D eigenvalue weighted by Crippen LogP contribution is 2.38. The summed E-state index contributed by atoms with van der Waals surface area (Å²) in [5, 5.41) is 8.73. The maximum atomic E-state index is 13.1. The lowest BCUT2D eigenvalue weighted by molar-refractivity contribution is -0.130. The predicted octanol–water partition coefficient (Wildman–Crippen LogP) is 2.61. The Balaban J connectivity index is 1.95. The molecular weight excluding hydrogens is 350 g/mol. The zero-order valence-electron chi connectivity index (χ0n) is 15.6.